The normalized spacial score (nSPS) is 14.5. The minimum atomic E-state index is 0.00195. The van der Waals surface area contributed by atoms with Crippen molar-refractivity contribution in [3.63, 3.8) is 0 Å². The van der Waals surface area contributed by atoms with E-state index in [4.69, 9.17) is 9.47 Å². The average molecular weight is 430 g/mol. The largest absolute Gasteiger partial charge is 0.504 e. The third-order valence-electron chi connectivity index (χ3n) is 5.76. The predicted molar refractivity (Wildman–Crippen MR) is 125 cm³/mol. The highest BCUT2D eigenvalue weighted by Gasteiger charge is 2.22. The SMILES string of the molecule is COc1cc(/C=C/C(=O)N2CCC(c3ccc(Oc4ccccc4)cc3)CC2)ccc1O. The molecule has 1 heterocycles. The third-order valence-corrected chi connectivity index (χ3v) is 5.76. The van der Waals surface area contributed by atoms with Crippen LogP contribution >= 0.6 is 0 Å². The number of benzene rings is 3. The number of aromatic hydroxyl groups is 1. The maximum atomic E-state index is 12.6. The van der Waals surface area contributed by atoms with Gasteiger partial charge in [0.05, 0.1) is 7.11 Å². The van der Waals surface area contributed by atoms with Crippen LogP contribution in [0, 0.1) is 0 Å². The molecule has 0 radical (unpaired) electrons. The summed E-state index contributed by atoms with van der Waals surface area (Å²) >= 11 is 0. The molecule has 1 aliphatic heterocycles. The number of ether oxygens (including phenoxy) is 2. The number of nitrogens with zero attached hydrogens (tertiary/aromatic N) is 1. The molecule has 164 valence electrons. The fraction of sp³-hybridized carbons (Fsp3) is 0.222. The molecule has 0 aromatic heterocycles. The summed E-state index contributed by atoms with van der Waals surface area (Å²) in [5.41, 5.74) is 2.09. The summed E-state index contributed by atoms with van der Waals surface area (Å²) in [6.07, 6.45) is 5.21. The topological polar surface area (TPSA) is 59.0 Å². The fourth-order valence-electron chi connectivity index (χ4n) is 3.94. The molecule has 0 spiro atoms. The highest BCUT2D eigenvalue weighted by molar-refractivity contribution is 5.92. The fourth-order valence-corrected chi connectivity index (χ4v) is 3.94. The zero-order valence-corrected chi connectivity index (χ0v) is 18.1. The molecular weight excluding hydrogens is 402 g/mol. The highest BCUT2D eigenvalue weighted by Crippen LogP contribution is 2.31. The number of carbonyl (C=O) groups excluding carboxylic acids is 1. The number of likely N-dealkylation sites (tertiary alicyclic amines) is 1. The minimum Gasteiger partial charge on any atom is -0.504 e. The third kappa shape index (κ3) is 5.30. The van der Waals surface area contributed by atoms with Crippen molar-refractivity contribution in [2.45, 2.75) is 18.8 Å². The van der Waals surface area contributed by atoms with Crippen molar-refractivity contribution in [3.8, 4) is 23.0 Å². The lowest BCUT2D eigenvalue weighted by Crippen LogP contribution is -2.36. The second kappa shape index (κ2) is 10.1. The maximum absolute atomic E-state index is 12.6. The van der Waals surface area contributed by atoms with Gasteiger partial charge in [0.2, 0.25) is 5.91 Å². The number of rotatable bonds is 6. The first-order valence-corrected chi connectivity index (χ1v) is 10.8. The summed E-state index contributed by atoms with van der Waals surface area (Å²) in [7, 11) is 1.50. The van der Waals surface area contributed by atoms with Crippen molar-refractivity contribution >= 4 is 12.0 Å². The molecule has 32 heavy (non-hydrogen) atoms. The smallest absolute Gasteiger partial charge is 0.246 e. The molecule has 0 unspecified atom stereocenters. The minimum absolute atomic E-state index is 0.00195. The van der Waals surface area contributed by atoms with Crippen LogP contribution in [0.25, 0.3) is 6.08 Å². The van der Waals surface area contributed by atoms with Gasteiger partial charge >= 0.3 is 0 Å². The van der Waals surface area contributed by atoms with E-state index in [1.54, 1.807) is 30.4 Å². The number of methoxy groups -OCH3 is 1. The van der Waals surface area contributed by atoms with Crippen LogP contribution in [0.5, 0.6) is 23.0 Å². The van der Waals surface area contributed by atoms with Gasteiger partial charge in [-0.1, -0.05) is 36.4 Å². The molecule has 1 fully saturated rings. The van der Waals surface area contributed by atoms with E-state index in [0.717, 1.165) is 43.0 Å². The first-order chi connectivity index (χ1) is 15.6. The standard InChI is InChI=1S/C27H27NO4/c1-31-26-19-20(7-13-25(26)29)8-14-27(30)28-17-15-22(16-18-28)21-9-11-24(12-10-21)32-23-5-3-2-4-6-23/h2-14,19,22,29H,15-18H2,1H3/b14-8+. The average Bonchev–Trinajstić information content (AvgIpc) is 2.84. The molecule has 1 saturated heterocycles. The Labute approximate surface area is 188 Å². The monoisotopic (exact) mass is 429 g/mol. The molecule has 0 bridgehead atoms. The molecule has 3 aromatic carbocycles. The number of phenolic OH excluding ortho intramolecular Hbond substituents is 1. The summed E-state index contributed by atoms with van der Waals surface area (Å²) < 4.78 is 11.0. The Balaban J connectivity index is 1.30. The Hall–Kier alpha value is -3.73. The van der Waals surface area contributed by atoms with Crippen LogP contribution in [0.4, 0.5) is 0 Å². The van der Waals surface area contributed by atoms with Crippen molar-refractivity contribution in [1.82, 2.24) is 4.90 Å². The maximum Gasteiger partial charge on any atom is 0.246 e. The van der Waals surface area contributed by atoms with Gasteiger partial charge in [-0.2, -0.15) is 0 Å². The van der Waals surface area contributed by atoms with Crippen LogP contribution in [0.2, 0.25) is 0 Å². The summed E-state index contributed by atoms with van der Waals surface area (Å²) in [5, 5.41) is 9.69. The van der Waals surface area contributed by atoms with Crippen molar-refractivity contribution in [2.75, 3.05) is 20.2 Å². The van der Waals surface area contributed by atoms with E-state index in [9.17, 15) is 9.90 Å². The zero-order valence-electron chi connectivity index (χ0n) is 18.1. The number of phenols is 1. The van der Waals surface area contributed by atoms with Gasteiger partial charge in [-0.15, -0.1) is 0 Å². The molecule has 0 aliphatic carbocycles. The molecule has 5 heteroatoms. The number of para-hydroxylation sites is 1. The Morgan fingerprint density at radius 2 is 1.66 bits per heavy atom. The summed E-state index contributed by atoms with van der Waals surface area (Å²) in [6, 6.07) is 23.0. The van der Waals surface area contributed by atoms with Gasteiger partial charge < -0.3 is 19.5 Å². The van der Waals surface area contributed by atoms with Crippen LogP contribution in [0.3, 0.4) is 0 Å². The van der Waals surface area contributed by atoms with Crippen LogP contribution in [-0.4, -0.2) is 36.1 Å². The van der Waals surface area contributed by atoms with Gasteiger partial charge in [0, 0.05) is 19.2 Å². The van der Waals surface area contributed by atoms with Crippen molar-refractivity contribution < 1.29 is 19.4 Å². The molecule has 0 saturated carbocycles. The van der Waals surface area contributed by atoms with E-state index in [2.05, 4.69) is 12.1 Å². The first kappa shape index (κ1) is 21.5. The molecule has 4 rings (SSSR count). The van der Waals surface area contributed by atoms with Crippen LogP contribution < -0.4 is 9.47 Å². The second-order valence-electron chi connectivity index (χ2n) is 7.85. The van der Waals surface area contributed by atoms with Gasteiger partial charge in [-0.3, -0.25) is 4.79 Å². The highest BCUT2D eigenvalue weighted by atomic mass is 16.5. The molecule has 1 aliphatic rings. The molecule has 0 atom stereocenters. The number of hydrogen-bond donors (Lipinski definition) is 1. The van der Waals surface area contributed by atoms with E-state index in [1.165, 1.54) is 12.7 Å². The number of hydrogen-bond acceptors (Lipinski definition) is 4. The number of amides is 1. The quantitative estimate of drug-likeness (QED) is 0.517. The van der Waals surface area contributed by atoms with E-state index in [-0.39, 0.29) is 11.7 Å². The summed E-state index contributed by atoms with van der Waals surface area (Å²) in [6.45, 7) is 1.46. The van der Waals surface area contributed by atoms with E-state index < -0.39 is 0 Å². The molecule has 1 N–H and O–H groups in total. The van der Waals surface area contributed by atoms with Crippen molar-refractivity contribution in [1.29, 1.82) is 0 Å². The second-order valence-corrected chi connectivity index (χ2v) is 7.85. The van der Waals surface area contributed by atoms with Gasteiger partial charge in [-0.05, 0) is 72.4 Å². The lowest BCUT2D eigenvalue weighted by atomic mass is 9.89. The first-order valence-electron chi connectivity index (χ1n) is 10.8. The Bertz CT molecular complexity index is 1070. The van der Waals surface area contributed by atoms with E-state index >= 15 is 0 Å². The van der Waals surface area contributed by atoms with Crippen molar-refractivity contribution in [3.05, 3.63) is 90.0 Å². The Morgan fingerprint density at radius 1 is 0.969 bits per heavy atom. The van der Waals surface area contributed by atoms with Crippen LogP contribution in [0.1, 0.15) is 29.9 Å². The van der Waals surface area contributed by atoms with Crippen LogP contribution in [0.15, 0.2) is 78.9 Å². The molecule has 5 nitrogen and oxygen atoms in total. The van der Waals surface area contributed by atoms with Crippen LogP contribution in [-0.2, 0) is 4.79 Å². The Morgan fingerprint density at radius 3 is 2.34 bits per heavy atom. The number of carbonyl (C=O) groups is 1. The molecular formula is C27H27NO4. The van der Waals surface area contributed by atoms with Gasteiger partial charge in [0.25, 0.3) is 0 Å². The van der Waals surface area contributed by atoms with Gasteiger partial charge in [-0.25, -0.2) is 0 Å². The lowest BCUT2D eigenvalue weighted by Gasteiger charge is -2.31. The van der Waals surface area contributed by atoms with E-state index in [0.29, 0.717) is 11.7 Å². The number of piperidine rings is 1. The lowest BCUT2D eigenvalue weighted by molar-refractivity contribution is -0.126. The van der Waals surface area contributed by atoms with Gasteiger partial charge in [0.1, 0.15) is 11.5 Å². The molecule has 1 amide bonds. The van der Waals surface area contributed by atoms with E-state index in [1.807, 2.05) is 47.4 Å². The van der Waals surface area contributed by atoms with Crippen molar-refractivity contribution in [2.24, 2.45) is 0 Å². The van der Waals surface area contributed by atoms with Gasteiger partial charge in [0.15, 0.2) is 11.5 Å². The molecule has 3 aromatic rings. The Kier molecular flexibility index (Phi) is 6.75. The zero-order chi connectivity index (χ0) is 22.3. The summed E-state index contributed by atoms with van der Waals surface area (Å²) in [4.78, 5) is 14.5. The predicted octanol–water partition coefficient (Wildman–Crippen LogP) is 5.61. The summed E-state index contributed by atoms with van der Waals surface area (Å²) in [5.74, 6) is 2.56.